The van der Waals surface area contributed by atoms with E-state index < -0.39 is 0 Å². The standard InChI is InChI=1S/C4H8INOS/c1-4(7)8-3-2-6-5/h6H,2-3H2,1H3. The van der Waals surface area contributed by atoms with Gasteiger partial charge in [0.2, 0.25) is 0 Å². The minimum Gasteiger partial charge on any atom is -0.288 e. The van der Waals surface area contributed by atoms with Crippen LogP contribution in [0.4, 0.5) is 0 Å². The van der Waals surface area contributed by atoms with Gasteiger partial charge < -0.3 is 0 Å². The molecular formula is C4H8INOS. The number of hydrogen-bond donors (Lipinski definition) is 1. The summed E-state index contributed by atoms with van der Waals surface area (Å²) in [6.07, 6.45) is 0. The first kappa shape index (κ1) is 8.71. The summed E-state index contributed by atoms with van der Waals surface area (Å²) in [4.78, 5) is 10.3. The van der Waals surface area contributed by atoms with Gasteiger partial charge in [0.05, 0.1) is 0 Å². The Hall–Kier alpha value is 0.710. The molecule has 0 radical (unpaired) electrons. The van der Waals surface area contributed by atoms with E-state index in [1.807, 2.05) is 0 Å². The Morgan fingerprint density at radius 1 is 1.88 bits per heavy atom. The molecule has 4 heteroatoms. The molecule has 1 N–H and O–H groups in total. The average molecular weight is 245 g/mol. The van der Waals surface area contributed by atoms with Gasteiger partial charge in [-0.05, 0) is 0 Å². The van der Waals surface area contributed by atoms with E-state index in [2.05, 4.69) is 26.4 Å². The first-order valence-corrected chi connectivity index (χ1v) is 4.30. The zero-order valence-electron chi connectivity index (χ0n) is 4.61. The molecule has 0 unspecified atom stereocenters. The molecule has 0 aromatic carbocycles. The van der Waals surface area contributed by atoms with Crippen LogP contribution in [0.25, 0.3) is 0 Å². The maximum absolute atomic E-state index is 10.3. The minimum atomic E-state index is 0.191. The van der Waals surface area contributed by atoms with E-state index in [1.165, 1.54) is 11.8 Å². The zero-order chi connectivity index (χ0) is 6.41. The number of thioether (sulfide) groups is 1. The molecule has 0 aromatic rings. The highest BCUT2D eigenvalue weighted by molar-refractivity contribution is 14.1. The third-order valence-electron chi connectivity index (χ3n) is 0.502. The van der Waals surface area contributed by atoms with Gasteiger partial charge in [-0.2, -0.15) is 0 Å². The summed E-state index contributed by atoms with van der Waals surface area (Å²) < 4.78 is 2.92. The van der Waals surface area contributed by atoms with Crippen LogP contribution in [0.1, 0.15) is 6.92 Å². The molecule has 8 heavy (non-hydrogen) atoms. The molecule has 0 heterocycles. The van der Waals surface area contributed by atoms with Crippen molar-refractivity contribution < 1.29 is 4.79 Å². The molecule has 0 aliphatic heterocycles. The van der Waals surface area contributed by atoms with E-state index in [0.717, 1.165) is 12.3 Å². The predicted octanol–water partition coefficient (Wildman–Crippen LogP) is 1.21. The monoisotopic (exact) mass is 245 g/mol. The number of halogens is 1. The third kappa shape index (κ3) is 6.71. The topological polar surface area (TPSA) is 29.1 Å². The fourth-order valence-electron chi connectivity index (χ4n) is 0.233. The van der Waals surface area contributed by atoms with E-state index in [9.17, 15) is 4.79 Å². The normalized spacial score (nSPS) is 9.25. The molecule has 0 aliphatic carbocycles. The van der Waals surface area contributed by atoms with Crippen LogP contribution in [-0.4, -0.2) is 17.4 Å². The van der Waals surface area contributed by atoms with Gasteiger partial charge >= 0.3 is 0 Å². The van der Waals surface area contributed by atoms with Gasteiger partial charge in [-0.15, -0.1) is 0 Å². The lowest BCUT2D eigenvalue weighted by molar-refractivity contribution is -0.109. The predicted molar refractivity (Wildman–Crippen MR) is 45.2 cm³/mol. The molecule has 0 amide bonds. The summed E-state index contributed by atoms with van der Waals surface area (Å²) in [7, 11) is 0. The van der Waals surface area contributed by atoms with E-state index in [0.29, 0.717) is 0 Å². The number of carbonyl (C=O) groups excluding carboxylic acids is 1. The lowest BCUT2D eigenvalue weighted by atomic mass is 10.8. The smallest absolute Gasteiger partial charge is 0.185 e. The molecule has 0 fully saturated rings. The van der Waals surface area contributed by atoms with Crippen LogP contribution >= 0.6 is 34.6 Å². The van der Waals surface area contributed by atoms with Crippen molar-refractivity contribution in [1.82, 2.24) is 3.53 Å². The quantitative estimate of drug-likeness (QED) is 0.460. The number of carbonyl (C=O) groups is 1. The van der Waals surface area contributed by atoms with E-state index in [4.69, 9.17) is 0 Å². The second kappa shape index (κ2) is 5.84. The largest absolute Gasteiger partial charge is 0.288 e. The van der Waals surface area contributed by atoms with Crippen LogP contribution in [0.3, 0.4) is 0 Å². The molecule has 0 rings (SSSR count). The SMILES string of the molecule is CC(=O)SCCNI. The summed E-state index contributed by atoms with van der Waals surface area (Å²) in [6, 6.07) is 0. The molecule has 0 saturated heterocycles. The van der Waals surface area contributed by atoms with Crippen molar-refractivity contribution in [2.75, 3.05) is 12.3 Å². The second-order valence-corrected chi connectivity index (χ2v) is 3.26. The van der Waals surface area contributed by atoms with Crippen LogP contribution in [0.5, 0.6) is 0 Å². The maximum atomic E-state index is 10.3. The molecule has 2 nitrogen and oxygen atoms in total. The van der Waals surface area contributed by atoms with Crippen molar-refractivity contribution in [3.05, 3.63) is 0 Å². The summed E-state index contributed by atoms with van der Waals surface area (Å²) in [6.45, 7) is 2.47. The van der Waals surface area contributed by atoms with E-state index in [1.54, 1.807) is 6.92 Å². The highest BCUT2D eigenvalue weighted by Crippen LogP contribution is 1.98. The fraction of sp³-hybridized carbons (Fsp3) is 0.750. The van der Waals surface area contributed by atoms with Crippen molar-refractivity contribution in [2.45, 2.75) is 6.92 Å². The number of hydrogen-bond acceptors (Lipinski definition) is 3. The van der Waals surface area contributed by atoms with E-state index >= 15 is 0 Å². The van der Waals surface area contributed by atoms with Crippen LogP contribution in [0.15, 0.2) is 0 Å². The molecule has 0 aliphatic rings. The fourth-order valence-corrected chi connectivity index (χ4v) is 1.36. The van der Waals surface area contributed by atoms with Gasteiger partial charge in [0.1, 0.15) is 0 Å². The Morgan fingerprint density at radius 2 is 2.50 bits per heavy atom. The maximum Gasteiger partial charge on any atom is 0.185 e. The van der Waals surface area contributed by atoms with Crippen LogP contribution in [-0.2, 0) is 4.79 Å². The van der Waals surface area contributed by atoms with Crippen molar-refractivity contribution in [3.8, 4) is 0 Å². The lowest BCUT2D eigenvalue weighted by Crippen LogP contribution is -2.03. The van der Waals surface area contributed by atoms with Crippen LogP contribution < -0.4 is 3.53 Å². The Kier molecular flexibility index (Phi) is 6.36. The molecular weight excluding hydrogens is 237 g/mol. The average Bonchev–Trinajstić information content (AvgIpc) is 1.66. The highest BCUT2D eigenvalue weighted by Gasteiger charge is 1.90. The van der Waals surface area contributed by atoms with E-state index in [-0.39, 0.29) is 5.12 Å². The Morgan fingerprint density at radius 3 is 2.88 bits per heavy atom. The summed E-state index contributed by atoms with van der Waals surface area (Å²) in [5, 5.41) is 0.191. The lowest BCUT2D eigenvalue weighted by Gasteiger charge is -1.91. The Bertz CT molecular complexity index is 78.4. The van der Waals surface area contributed by atoms with Crippen molar-refractivity contribution in [2.24, 2.45) is 0 Å². The molecule has 0 bridgehead atoms. The van der Waals surface area contributed by atoms with Crippen molar-refractivity contribution in [3.63, 3.8) is 0 Å². The van der Waals surface area contributed by atoms with Crippen LogP contribution in [0.2, 0.25) is 0 Å². The molecule has 0 atom stereocenters. The highest BCUT2D eigenvalue weighted by atomic mass is 127. The summed E-state index contributed by atoms with van der Waals surface area (Å²) in [5.41, 5.74) is 0. The Balaban J connectivity index is 2.82. The molecule has 0 spiro atoms. The molecule has 48 valence electrons. The molecule has 0 aromatic heterocycles. The number of nitrogens with one attached hydrogen (secondary N) is 1. The van der Waals surface area contributed by atoms with Gasteiger partial charge in [0, 0.05) is 42.1 Å². The summed E-state index contributed by atoms with van der Waals surface area (Å²) >= 11 is 3.41. The van der Waals surface area contributed by atoms with Gasteiger partial charge in [0.15, 0.2) is 5.12 Å². The van der Waals surface area contributed by atoms with Gasteiger partial charge in [0.25, 0.3) is 0 Å². The number of rotatable bonds is 3. The first-order chi connectivity index (χ1) is 3.77. The third-order valence-corrected chi connectivity index (χ3v) is 1.86. The molecule has 0 saturated carbocycles. The summed E-state index contributed by atoms with van der Waals surface area (Å²) in [5.74, 6) is 0.873. The van der Waals surface area contributed by atoms with Crippen molar-refractivity contribution in [1.29, 1.82) is 0 Å². The second-order valence-electron chi connectivity index (χ2n) is 1.22. The minimum absolute atomic E-state index is 0.191. The van der Waals surface area contributed by atoms with Gasteiger partial charge in [-0.3, -0.25) is 8.32 Å². The van der Waals surface area contributed by atoms with Crippen LogP contribution in [0, 0.1) is 0 Å². The Labute approximate surface area is 67.3 Å². The van der Waals surface area contributed by atoms with Gasteiger partial charge in [-0.25, -0.2) is 0 Å². The van der Waals surface area contributed by atoms with Gasteiger partial charge in [-0.1, -0.05) is 11.8 Å². The van der Waals surface area contributed by atoms with Crippen molar-refractivity contribution >= 4 is 39.7 Å². The first-order valence-electron chi connectivity index (χ1n) is 2.24. The zero-order valence-corrected chi connectivity index (χ0v) is 7.58.